The summed E-state index contributed by atoms with van der Waals surface area (Å²) in [5.74, 6) is 0. The van der Waals surface area contributed by atoms with Crippen molar-refractivity contribution < 1.29 is 5.11 Å². The van der Waals surface area contributed by atoms with Gasteiger partial charge < -0.3 is 5.11 Å². The van der Waals surface area contributed by atoms with Gasteiger partial charge in [0.2, 0.25) is 0 Å². The standard InChI is InChI=1S/C24H25NO/c26-24(21-13-6-2-7-14-21,22-15-8-3-9-16-22)23-17-10-18-25(23)19-20-11-4-1-5-12-20/h1-9,11-16,23,26H,10,17-19H2/t23-/m0/s1. The second-order valence-electron chi connectivity index (χ2n) is 7.11. The Labute approximate surface area is 155 Å². The fraction of sp³-hybridized carbons (Fsp3) is 0.250. The lowest BCUT2D eigenvalue weighted by molar-refractivity contribution is -0.00653. The number of hydrogen-bond acceptors (Lipinski definition) is 2. The molecule has 1 aliphatic rings. The molecule has 2 nitrogen and oxygen atoms in total. The SMILES string of the molecule is OC(c1ccccc1)(c1ccccc1)[C@@H]1CCCN1Cc1ccccc1. The zero-order valence-electron chi connectivity index (χ0n) is 15.0. The highest BCUT2D eigenvalue weighted by Crippen LogP contribution is 2.40. The van der Waals surface area contributed by atoms with Gasteiger partial charge in [0.1, 0.15) is 5.60 Å². The van der Waals surface area contributed by atoms with E-state index in [1.807, 2.05) is 60.7 Å². The Hall–Kier alpha value is -2.42. The number of nitrogens with zero attached hydrogens (tertiary/aromatic N) is 1. The second kappa shape index (κ2) is 7.45. The van der Waals surface area contributed by atoms with E-state index in [0.717, 1.165) is 37.1 Å². The van der Waals surface area contributed by atoms with Gasteiger partial charge in [0.05, 0.1) is 0 Å². The molecule has 0 amide bonds. The van der Waals surface area contributed by atoms with Crippen molar-refractivity contribution in [3.8, 4) is 0 Å². The summed E-state index contributed by atoms with van der Waals surface area (Å²) in [7, 11) is 0. The molecule has 4 rings (SSSR count). The van der Waals surface area contributed by atoms with Crippen molar-refractivity contribution in [1.29, 1.82) is 0 Å². The smallest absolute Gasteiger partial charge is 0.130 e. The molecule has 1 atom stereocenters. The Kier molecular flexibility index (Phi) is 4.87. The second-order valence-corrected chi connectivity index (χ2v) is 7.11. The predicted octanol–water partition coefficient (Wildman–Crippen LogP) is 4.59. The molecule has 1 aliphatic heterocycles. The summed E-state index contributed by atoms with van der Waals surface area (Å²) in [5.41, 5.74) is 2.23. The summed E-state index contributed by atoms with van der Waals surface area (Å²) < 4.78 is 0. The number of likely N-dealkylation sites (tertiary alicyclic amines) is 1. The molecule has 1 saturated heterocycles. The average molecular weight is 343 g/mol. The van der Waals surface area contributed by atoms with Crippen molar-refractivity contribution in [3.05, 3.63) is 108 Å². The van der Waals surface area contributed by atoms with E-state index < -0.39 is 5.60 Å². The van der Waals surface area contributed by atoms with Gasteiger partial charge in [0.25, 0.3) is 0 Å². The minimum atomic E-state index is -1.01. The van der Waals surface area contributed by atoms with Crippen molar-refractivity contribution in [2.45, 2.75) is 31.0 Å². The highest BCUT2D eigenvalue weighted by molar-refractivity contribution is 5.38. The highest BCUT2D eigenvalue weighted by atomic mass is 16.3. The third-order valence-corrected chi connectivity index (χ3v) is 5.50. The lowest BCUT2D eigenvalue weighted by Crippen LogP contribution is -2.48. The van der Waals surface area contributed by atoms with Crippen molar-refractivity contribution >= 4 is 0 Å². The fourth-order valence-corrected chi connectivity index (χ4v) is 4.24. The van der Waals surface area contributed by atoms with Crippen LogP contribution in [0.2, 0.25) is 0 Å². The van der Waals surface area contributed by atoms with Crippen molar-refractivity contribution in [2.24, 2.45) is 0 Å². The largest absolute Gasteiger partial charge is 0.379 e. The number of benzene rings is 3. The molecule has 1 heterocycles. The van der Waals surface area contributed by atoms with E-state index in [2.05, 4.69) is 35.2 Å². The Morgan fingerprint density at radius 3 is 1.81 bits per heavy atom. The predicted molar refractivity (Wildman–Crippen MR) is 106 cm³/mol. The molecule has 0 unspecified atom stereocenters. The normalized spacial score (nSPS) is 18.1. The molecular formula is C24H25NO. The molecule has 0 radical (unpaired) electrons. The molecule has 2 heteroatoms. The molecule has 132 valence electrons. The molecule has 0 aliphatic carbocycles. The summed E-state index contributed by atoms with van der Waals surface area (Å²) in [6.07, 6.45) is 2.10. The van der Waals surface area contributed by atoms with Crippen LogP contribution in [0.25, 0.3) is 0 Å². The zero-order chi connectivity index (χ0) is 17.8. The fourth-order valence-electron chi connectivity index (χ4n) is 4.24. The molecular weight excluding hydrogens is 318 g/mol. The monoisotopic (exact) mass is 343 g/mol. The lowest BCUT2D eigenvalue weighted by Gasteiger charge is -2.40. The maximum atomic E-state index is 12.1. The number of aliphatic hydroxyl groups is 1. The van der Waals surface area contributed by atoms with Crippen LogP contribution in [0.15, 0.2) is 91.0 Å². The van der Waals surface area contributed by atoms with E-state index >= 15 is 0 Å². The quantitative estimate of drug-likeness (QED) is 0.732. The molecule has 0 spiro atoms. The molecule has 0 saturated carbocycles. The van der Waals surface area contributed by atoms with Gasteiger partial charge in [-0.2, -0.15) is 0 Å². The molecule has 1 N–H and O–H groups in total. The maximum absolute atomic E-state index is 12.1. The summed E-state index contributed by atoms with van der Waals surface area (Å²) in [5, 5.41) is 12.1. The Balaban J connectivity index is 1.74. The molecule has 26 heavy (non-hydrogen) atoms. The van der Waals surface area contributed by atoms with Crippen LogP contribution < -0.4 is 0 Å². The lowest BCUT2D eigenvalue weighted by atomic mass is 9.79. The van der Waals surface area contributed by atoms with E-state index in [-0.39, 0.29) is 6.04 Å². The van der Waals surface area contributed by atoms with Crippen molar-refractivity contribution in [2.75, 3.05) is 6.54 Å². The molecule has 3 aromatic carbocycles. The van der Waals surface area contributed by atoms with E-state index in [0.29, 0.717) is 0 Å². The van der Waals surface area contributed by atoms with E-state index in [1.165, 1.54) is 5.56 Å². The summed E-state index contributed by atoms with van der Waals surface area (Å²) in [6, 6.07) is 30.9. The first-order valence-electron chi connectivity index (χ1n) is 9.40. The van der Waals surface area contributed by atoms with Crippen molar-refractivity contribution in [1.82, 2.24) is 4.90 Å². The Morgan fingerprint density at radius 1 is 0.769 bits per heavy atom. The molecule has 3 aromatic rings. The van der Waals surface area contributed by atoms with Crippen LogP contribution in [0.5, 0.6) is 0 Å². The van der Waals surface area contributed by atoms with Crippen LogP contribution in [0.1, 0.15) is 29.5 Å². The van der Waals surface area contributed by atoms with Gasteiger partial charge in [-0.25, -0.2) is 0 Å². The first-order valence-corrected chi connectivity index (χ1v) is 9.40. The van der Waals surface area contributed by atoms with E-state index in [1.54, 1.807) is 0 Å². The Bertz CT molecular complexity index is 777. The van der Waals surface area contributed by atoms with Gasteiger partial charge in [-0.05, 0) is 36.1 Å². The van der Waals surface area contributed by atoms with Crippen LogP contribution in [-0.4, -0.2) is 22.6 Å². The van der Waals surface area contributed by atoms with Gasteiger partial charge >= 0.3 is 0 Å². The minimum absolute atomic E-state index is 0.0625. The average Bonchev–Trinajstić information content (AvgIpc) is 3.18. The van der Waals surface area contributed by atoms with Gasteiger partial charge in [0, 0.05) is 12.6 Å². The summed E-state index contributed by atoms with van der Waals surface area (Å²) in [6.45, 7) is 1.88. The van der Waals surface area contributed by atoms with Crippen LogP contribution in [0.3, 0.4) is 0 Å². The highest BCUT2D eigenvalue weighted by Gasteiger charge is 2.45. The summed E-state index contributed by atoms with van der Waals surface area (Å²) in [4.78, 5) is 2.44. The van der Waals surface area contributed by atoms with Gasteiger partial charge in [-0.15, -0.1) is 0 Å². The topological polar surface area (TPSA) is 23.5 Å². The number of hydrogen-bond donors (Lipinski definition) is 1. The van der Waals surface area contributed by atoms with E-state index in [4.69, 9.17) is 0 Å². The third kappa shape index (κ3) is 3.18. The van der Waals surface area contributed by atoms with E-state index in [9.17, 15) is 5.11 Å². The van der Waals surface area contributed by atoms with Gasteiger partial charge in [0.15, 0.2) is 0 Å². The Morgan fingerprint density at radius 2 is 1.27 bits per heavy atom. The van der Waals surface area contributed by atoms with Crippen LogP contribution in [0.4, 0.5) is 0 Å². The zero-order valence-corrected chi connectivity index (χ0v) is 15.0. The van der Waals surface area contributed by atoms with Crippen LogP contribution in [-0.2, 0) is 12.1 Å². The van der Waals surface area contributed by atoms with Crippen LogP contribution in [0, 0.1) is 0 Å². The third-order valence-electron chi connectivity index (χ3n) is 5.50. The van der Waals surface area contributed by atoms with Crippen LogP contribution >= 0.6 is 0 Å². The minimum Gasteiger partial charge on any atom is -0.379 e. The molecule has 0 aromatic heterocycles. The molecule has 0 bridgehead atoms. The molecule has 1 fully saturated rings. The van der Waals surface area contributed by atoms with Crippen molar-refractivity contribution in [3.63, 3.8) is 0 Å². The number of rotatable bonds is 5. The first-order chi connectivity index (χ1) is 12.8. The van der Waals surface area contributed by atoms with Gasteiger partial charge in [-0.1, -0.05) is 91.0 Å². The maximum Gasteiger partial charge on any atom is 0.130 e. The first kappa shape index (κ1) is 17.0. The summed E-state index contributed by atoms with van der Waals surface area (Å²) >= 11 is 0. The van der Waals surface area contributed by atoms with Gasteiger partial charge in [-0.3, -0.25) is 4.90 Å².